The Labute approximate surface area is 99.4 Å². The molecular formula is C11H15N3O3. The van der Waals surface area contributed by atoms with Crippen LogP contribution in [0.3, 0.4) is 0 Å². The number of rotatable bonds is 3. The van der Waals surface area contributed by atoms with E-state index in [0.29, 0.717) is 5.88 Å². The van der Waals surface area contributed by atoms with E-state index in [1.54, 1.807) is 6.07 Å². The largest absolute Gasteiger partial charge is 0.473 e. The Hall–Kier alpha value is -1.69. The third-order valence-corrected chi connectivity index (χ3v) is 2.54. The fraction of sp³-hybridized carbons (Fsp3) is 0.545. The number of carbonyl (C=O) groups is 1. The summed E-state index contributed by atoms with van der Waals surface area (Å²) in [5.74, 6) is -0.125. The number of aromatic nitrogens is 2. The maximum absolute atomic E-state index is 11.2. The number of esters is 1. The lowest BCUT2D eigenvalue weighted by Crippen LogP contribution is -2.37. The number of ether oxygens (including phenoxy) is 2. The molecule has 1 atom stereocenters. The van der Waals surface area contributed by atoms with E-state index in [-0.39, 0.29) is 11.9 Å². The molecule has 1 aromatic rings. The van der Waals surface area contributed by atoms with E-state index in [4.69, 9.17) is 4.74 Å². The van der Waals surface area contributed by atoms with Crippen molar-refractivity contribution >= 4 is 5.97 Å². The van der Waals surface area contributed by atoms with E-state index in [2.05, 4.69) is 20.0 Å². The van der Waals surface area contributed by atoms with Crippen LogP contribution in [-0.2, 0) is 4.74 Å². The highest BCUT2D eigenvalue weighted by Gasteiger charge is 2.16. The number of hydrogen-bond acceptors (Lipinski definition) is 6. The summed E-state index contributed by atoms with van der Waals surface area (Å²) in [4.78, 5) is 19.1. The molecule has 0 spiro atoms. The Balaban J connectivity index is 2.02. The van der Waals surface area contributed by atoms with Crippen LogP contribution in [-0.4, -0.2) is 42.2 Å². The lowest BCUT2D eigenvalue weighted by molar-refractivity contribution is 0.0583. The third-order valence-electron chi connectivity index (χ3n) is 2.54. The van der Waals surface area contributed by atoms with Gasteiger partial charge >= 0.3 is 5.97 Å². The molecule has 0 amide bonds. The van der Waals surface area contributed by atoms with Crippen LogP contribution in [0.2, 0.25) is 0 Å². The van der Waals surface area contributed by atoms with E-state index >= 15 is 0 Å². The standard InChI is InChI=1S/C11H15N3O3/c1-16-11(15)10-13-6-4-9(14-10)17-8-3-2-5-12-7-8/h4,6,8,12H,2-3,5,7H2,1H3/t8-/m0/s1. The van der Waals surface area contributed by atoms with Gasteiger partial charge in [0.05, 0.1) is 7.11 Å². The van der Waals surface area contributed by atoms with Gasteiger partial charge in [-0.3, -0.25) is 0 Å². The minimum Gasteiger partial charge on any atom is -0.473 e. The maximum Gasteiger partial charge on any atom is 0.376 e. The van der Waals surface area contributed by atoms with E-state index in [1.807, 2.05) is 0 Å². The number of nitrogens with one attached hydrogen (secondary N) is 1. The molecule has 2 rings (SSSR count). The van der Waals surface area contributed by atoms with Crippen molar-refractivity contribution < 1.29 is 14.3 Å². The summed E-state index contributed by atoms with van der Waals surface area (Å²) in [6, 6.07) is 1.64. The van der Waals surface area contributed by atoms with Crippen molar-refractivity contribution in [2.24, 2.45) is 0 Å². The van der Waals surface area contributed by atoms with Gasteiger partial charge in [0.1, 0.15) is 6.10 Å². The zero-order valence-corrected chi connectivity index (χ0v) is 9.68. The first-order chi connectivity index (χ1) is 8.29. The van der Waals surface area contributed by atoms with Gasteiger partial charge in [0.15, 0.2) is 0 Å². The Bertz CT molecular complexity index is 391. The maximum atomic E-state index is 11.2. The van der Waals surface area contributed by atoms with Crippen LogP contribution in [0.5, 0.6) is 5.88 Å². The van der Waals surface area contributed by atoms with Gasteiger partial charge in [-0.2, -0.15) is 4.98 Å². The van der Waals surface area contributed by atoms with Gasteiger partial charge < -0.3 is 14.8 Å². The van der Waals surface area contributed by atoms with Gasteiger partial charge in [0, 0.05) is 18.8 Å². The zero-order valence-electron chi connectivity index (χ0n) is 9.68. The first kappa shape index (κ1) is 11.8. The summed E-state index contributed by atoms with van der Waals surface area (Å²) >= 11 is 0. The lowest BCUT2D eigenvalue weighted by atomic mass is 10.1. The molecule has 17 heavy (non-hydrogen) atoms. The molecule has 0 saturated carbocycles. The minimum atomic E-state index is -0.558. The van der Waals surface area contributed by atoms with Crippen molar-refractivity contribution in [3.8, 4) is 5.88 Å². The molecule has 0 aliphatic carbocycles. The van der Waals surface area contributed by atoms with Crippen LogP contribution in [0.1, 0.15) is 23.5 Å². The average molecular weight is 237 g/mol. The predicted octanol–water partition coefficient (Wildman–Crippen LogP) is 0.394. The first-order valence-corrected chi connectivity index (χ1v) is 5.58. The van der Waals surface area contributed by atoms with E-state index < -0.39 is 5.97 Å². The van der Waals surface area contributed by atoms with Crippen molar-refractivity contribution in [1.82, 2.24) is 15.3 Å². The molecule has 0 unspecified atom stereocenters. The highest BCUT2D eigenvalue weighted by molar-refractivity contribution is 5.84. The van der Waals surface area contributed by atoms with Crippen LogP contribution in [0, 0.1) is 0 Å². The van der Waals surface area contributed by atoms with Gasteiger partial charge in [-0.1, -0.05) is 0 Å². The fourth-order valence-corrected chi connectivity index (χ4v) is 1.69. The van der Waals surface area contributed by atoms with Crippen LogP contribution in [0.15, 0.2) is 12.3 Å². The van der Waals surface area contributed by atoms with Crippen molar-refractivity contribution in [2.45, 2.75) is 18.9 Å². The molecule has 92 valence electrons. The van der Waals surface area contributed by atoms with E-state index in [1.165, 1.54) is 13.3 Å². The highest BCUT2D eigenvalue weighted by atomic mass is 16.5. The molecule has 6 nitrogen and oxygen atoms in total. The first-order valence-electron chi connectivity index (χ1n) is 5.58. The molecule has 1 aliphatic heterocycles. The van der Waals surface area contributed by atoms with Gasteiger partial charge in [0.2, 0.25) is 11.7 Å². The second-order valence-electron chi connectivity index (χ2n) is 3.80. The number of piperidine rings is 1. The quantitative estimate of drug-likeness (QED) is 0.767. The summed E-state index contributed by atoms with van der Waals surface area (Å²) < 4.78 is 10.2. The average Bonchev–Trinajstić information content (AvgIpc) is 2.39. The highest BCUT2D eigenvalue weighted by Crippen LogP contribution is 2.12. The molecule has 1 aromatic heterocycles. The van der Waals surface area contributed by atoms with Gasteiger partial charge in [-0.05, 0) is 19.4 Å². The Morgan fingerprint density at radius 1 is 1.59 bits per heavy atom. The van der Waals surface area contributed by atoms with Gasteiger partial charge in [-0.25, -0.2) is 9.78 Å². The molecule has 0 aromatic carbocycles. The molecule has 1 N–H and O–H groups in total. The predicted molar refractivity (Wildman–Crippen MR) is 59.9 cm³/mol. The van der Waals surface area contributed by atoms with Crippen molar-refractivity contribution in [1.29, 1.82) is 0 Å². The van der Waals surface area contributed by atoms with E-state index in [0.717, 1.165) is 25.9 Å². The summed E-state index contributed by atoms with van der Waals surface area (Å²) in [7, 11) is 1.30. The Kier molecular flexibility index (Phi) is 3.87. The monoisotopic (exact) mass is 237 g/mol. The summed E-state index contributed by atoms with van der Waals surface area (Å²) in [6.07, 6.45) is 3.67. The zero-order chi connectivity index (χ0) is 12.1. The van der Waals surface area contributed by atoms with Gasteiger partial charge in [-0.15, -0.1) is 0 Å². The molecule has 0 bridgehead atoms. The van der Waals surface area contributed by atoms with Crippen LogP contribution in [0.4, 0.5) is 0 Å². The fourth-order valence-electron chi connectivity index (χ4n) is 1.69. The second kappa shape index (κ2) is 5.58. The second-order valence-corrected chi connectivity index (χ2v) is 3.80. The number of methoxy groups -OCH3 is 1. The number of hydrogen-bond donors (Lipinski definition) is 1. The van der Waals surface area contributed by atoms with Crippen LogP contribution in [0.25, 0.3) is 0 Å². The normalized spacial score (nSPS) is 19.7. The van der Waals surface area contributed by atoms with Crippen molar-refractivity contribution in [2.75, 3.05) is 20.2 Å². The molecule has 2 heterocycles. The summed E-state index contributed by atoms with van der Waals surface area (Å²) in [6.45, 7) is 1.83. The van der Waals surface area contributed by atoms with Crippen LogP contribution < -0.4 is 10.1 Å². The molecule has 1 aliphatic rings. The molecular weight excluding hydrogens is 222 g/mol. The topological polar surface area (TPSA) is 73.3 Å². The lowest BCUT2D eigenvalue weighted by Gasteiger charge is -2.23. The molecule has 1 fully saturated rings. The SMILES string of the molecule is COC(=O)c1nccc(O[C@H]2CCCNC2)n1. The van der Waals surface area contributed by atoms with Crippen molar-refractivity contribution in [3.63, 3.8) is 0 Å². The summed E-state index contributed by atoms with van der Waals surface area (Å²) in [5.41, 5.74) is 0. The van der Waals surface area contributed by atoms with Crippen molar-refractivity contribution in [3.05, 3.63) is 18.1 Å². The molecule has 1 saturated heterocycles. The smallest absolute Gasteiger partial charge is 0.376 e. The summed E-state index contributed by atoms with van der Waals surface area (Å²) in [5, 5.41) is 3.24. The Morgan fingerprint density at radius 3 is 3.18 bits per heavy atom. The van der Waals surface area contributed by atoms with E-state index in [9.17, 15) is 4.79 Å². The number of carbonyl (C=O) groups excluding carboxylic acids is 1. The van der Waals surface area contributed by atoms with Gasteiger partial charge in [0.25, 0.3) is 0 Å². The number of nitrogens with zero attached hydrogens (tertiary/aromatic N) is 2. The minimum absolute atomic E-state index is 0.0220. The Morgan fingerprint density at radius 2 is 2.47 bits per heavy atom. The molecule has 6 heteroatoms. The van der Waals surface area contributed by atoms with Crippen LogP contribution >= 0.6 is 0 Å². The molecule has 0 radical (unpaired) electrons. The third kappa shape index (κ3) is 3.13.